The van der Waals surface area contributed by atoms with Crippen molar-refractivity contribution in [2.45, 2.75) is 27.2 Å². The van der Waals surface area contributed by atoms with E-state index in [0.29, 0.717) is 0 Å². The van der Waals surface area contributed by atoms with Crippen molar-refractivity contribution in [1.29, 1.82) is 0 Å². The lowest BCUT2D eigenvalue weighted by Gasteiger charge is -2.18. The summed E-state index contributed by atoms with van der Waals surface area (Å²) in [5, 5.41) is 5.13. The van der Waals surface area contributed by atoms with Crippen LogP contribution in [-0.4, -0.2) is 9.55 Å². The molecule has 0 aliphatic heterocycles. The summed E-state index contributed by atoms with van der Waals surface area (Å²) in [6.45, 7) is 6.92. The number of rotatable bonds is 3. The predicted molar refractivity (Wildman–Crippen MR) is 159 cm³/mol. The standard InChI is InChI=1S/C35H30N2/c1-35(2,3)22-23-13-16-28-30-21-25(15-18-33(30)37(34(28)19-23)26-9-5-4-6-10-26)24-14-17-32-29(20-24)27-11-7-8-12-31(27)36-32/h4-21,36H,22H2,1-3H3. The van der Waals surface area contributed by atoms with Crippen molar-refractivity contribution < 1.29 is 0 Å². The molecule has 180 valence electrons. The second-order valence-corrected chi connectivity index (χ2v) is 11.4. The second kappa shape index (κ2) is 8.11. The van der Waals surface area contributed by atoms with Gasteiger partial charge in [0, 0.05) is 38.3 Å². The lowest BCUT2D eigenvalue weighted by Crippen LogP contribution is -2.09. The Hall–Kier alpha value is -4.30. The fourth-order valence-corrected chi connectivity index (χ4v) is 5.85. The van der Waals surface area contributed by atoms with Crippen LogP contribution in [0.15, 0.2) is 109 Å². The van der Waals surface area contributed by atoms with Crippen molar-refractivity contribution in [2.24, 2.45) is 5.41 Å². The lowest BCUT2D eigenvalue weighted by atomic mass is 9.88. The SMILES string of the molecule is CC(C)(C)Cc1ccc2c3cc(-c4ccc5[nH]c6ccccc6c5c4)ccc3n(-c3ccccc3)c2c1. The average molecular weight is 479 g/mol. The summed E-state index contributed by atoms with van der Waals surface area (Å²) in [4.78, 5) is 3.55. The van der Waals surface area contributed by atoms with Gasteiger partial charge in [-0.2, -0.15) is 0 Å². The molecule has 0 amide bonds. The molecule has 0 radical (unpaired) electrons. The molecular weight excluding hydrogens is 448 g/mol. The van der Waals surface area contributed by atoms with Crippen molar-refractivity contribution in [1.82, 2.24) is 9.55 Å². The molecule has 0 saturated heterocycles. The first-order valence-corrected chi connectivity index (χ1v) is 13.1. The van der Waals surface area contributed by atoms with Crippen LogP contribution in [0.2, 0.25) is 0 Å². The third-order valence-corrected chi connectivity index (χ3v) is 7.42. The molecule has 0 saturated carbocycles. The van der Waals surface area contributed by atoms with Gasteiger partial charge in [0.15, 0.2) is 0 Å². The first-order chi connectivity index (χ1) is 17.9. The van der Waals surface area contributed by atoms with E-state index < -0.39 is 0 Å². The zero-order chi connectivity index (χ0) is 25.1. The third kappa shape index (κ3) is 3.72. The largest absolute Gasteiger partial charge is 0.355 e. The highest BCUT2D eigenvalue weighted by Gasteiger charge is 2.17. The quantitative estimate of drug-likeness (QED) is 0.261. The number of fused-ring (bicyclic) bond motifs is 6. The highest BCUT2D eigenvalue weighted by molar-refractivity contribution is 6.12. The molecule has 2 aromatic heterocycles. The number of para-hydroxylation sites is 2. The normalized spacial score (nSPS) is 12.3. The van der Waals surface area contributed by atoms with Gasteiger partial charge in [-0.1, -0.05) is 81.4 Å². The number of aromatic amines is 1. The Morgan fingerprint density at radius 1 is 0.568 bits per heavy atom. The van der Waals surface area contributed by atoms with Crippen LogP contribution >= 0.6 is 0 Å². The summed E-state index contributed by atoms with van der Waals surface area (Å²) in [6, 6.07) is 40.0. The zero-order valence-electron chi connectivity index (χ0n) is 21.5. The molecule has 0 atom stereocenters. The number of benzene rings is 5. The molecule has 7 rings (SSSR count). The van der Waals surface area contributed by atoms with Crippen LogP contribution in [0.5, 0.6) is 0 Å². The Morgan fingerprint density at radius 2 is 1.27 bits per heavy atom. The van der Waals surface area contributed by atoms with Crippen LogP contribution in [0.4, 0.5) is 0 Å². The third-order valence-electron chi connectivity index (χ3n) is 7.42. The Kier molecular flexibility index (Phi) is 4.81. The summed E-state index contributed by atoms with van der Waals surface area (Å²) in [5.41, 5.74) is 10.2. The molecular formula is C35H30N2. The fourth-order valence-electron chi connectivity index (χ4n) is 5.85. The average Bonchev–Trinajstić information content (AvgIpc) is 3.42. The molecule has 2 heteroatoms. The number of H-pyrrole nitrogens is 1. The highest BCUT2D eigenvalue weighted by atomic mass is 15.0. The molecule has 1 N–H and O–H groups in total. The number of nitrogens with one attached hydrogen (secondary N) is 1. The fraction of sp³-hybridized carbons (Fsp3) is 0.143. The minimum Gasteiger partial charge on any atom is -0.355 e. The summed E-state index contributed by atoms with van der Waals surface area (Å²) in [7, 11) is 0. The summed E-state index contributed by atoms with van der Waals surface area (Å²) in [6.07, 6.45) is 1.05. The minimum atomic E-state index is 0.242. The Balaban J connectivity index is 1.45. The number of nitrogens with zero attached hydrogens (tertiary/aromatic N) is 1. The van der Waals surface area contributed by atoms with Gasteiger partial charge in [0.2, 0.25) is 0 Å². The summed E-state index contributed by atoms with van der Waals surface area (Å²) >= 11 is 0. The summed E-state index contributed by atoms with van der Waals surface area (Å²) < 4.78 is 2.42. The molecule has 0 unspecified atom stereocenters. The van der Waals surface area contributed by atoms with Crippen molar-refractivity contribution in [3.8, 4) is 16.8 Å². The van der Waals surface area contributed by atoms with Crippen LogP contribution in [0.3, 0.4) is 0 Å². The van der Waals surface area contributed by atoms with E-state index in [-0.39, 0.29) is 5.41 Å². The molecule has 37 heavy (non-hydrogen) atoms. The molecule has 0 bridgehead atoms. The molecule has 0 spiro atoms. The second-order valence-electron chi connectivity index (χ2n) is 11.4. The van der Waals surface area contributed by atoms with Crippen LogP contribution in [-0.2, 0) is 6.42 Å². The van der Waals surface area contributed by atoms with Gasteiger partial charge in [0.25, 0.3) is 0 Å². The molecule has 5 aromatic carbocycles. The van der Waals surface area contributed by atoms with Gasteiger partial charge in [-0.15, -0.1) is 0 Å². The van der Waals surface area contributed by atoms with Gasteiger partial charge in [0.1, 0.15) is 0 Å². The number of hydrogen-bond acceptors (Lipinski definition) is 0. The van der Waals surface area contributed by atoms with Crippen molar-refractivity contribution in [3.05, 3.63) is 115 Å². The molecule has 2 nitrogen and oxygen atoms in total. The van der Waals surface area contributed by atoms with Crippen molar-refractivity contribution in [3.63, 3.8) is 0 Å². The van der Waals surface area contributed by atoms with E-state index in [1.165, 1.54) is 66.0 Å². The minimum absolute atomic E-state index is 0.242. The monoisotopic (exact) mass is 478 g/mol. The summed E-state index contributed by atoms with van der Waals surface area (Å²) in [5.74, 6) is 0. The van der Waals surface area contributed by atoms with E-state index in [1.54, 1.807) is 0 Å². The van der Waals surface area contributed by atoms with E-state index in [4.69, 9.17) is 0 Å². The van der Waals surface area contributed by atoms with Crippen LogP contribution in [0.25, 0.3) is 60.4 Å². The predicted octanol–water partition coefficient (Wildman–Crippen LogP) is 9.67. The van der Waals surface area contributed by atoms with Gasteiger partial charge >= 0.3 is 0 Å². The maximum Gasteiger partial charge on any atom is 0.0543 e. The van der Waals surface area contributed by atoms with Crippen molar-refractivity contribution in [2.75, 3.05) is 0 Å². The Morgan fingerprint density at radius 3 is 2.08 bits per heavy atom. The smallest absolute Gasteiger partial charge is 0.0543 e. The van der Waals surface area contributed by atoms with Gasteiger partial charge in [-0.25, -0.2) is 0 Å². The molecule has 2 heterocycles. The van der Waals surface area contributed by atoms with E-state index in [9.17, 15) is 0 Å². The Bertz CT molecular complexity index is 1930. The van der Waals surface area contributed by atoms with Crippen molar-refractivity contribution >= 4 is 43.6 Å². The van der Waals surface area contributed by atoms with Crippen LogP contribution in [0, 0.1) is 5.41 Å². The first kappa shape index (κ1) is 21.9. The topological polar surface area (TPSA) is 20.7 Å². The van der Waals surface area contributed by atoms with Crippen LogP contribution < -0.4 is 0 Å². The molecule has 0 aliphatic carbocycles. The number of aromatic nitrogens is 2. The zero-order valence-corrected chi connectivity index (χ0v) is 21.5. The lowest BCUT2D eigenvalue weighted by molar-refractivity contribution is 0.411. The van der Waals surface area contributed by atoms with Gasteiger partial charge in [-0.3, -0.25) is 0 Å². The van der Waals surface area contributed by atoms with Gasteiger partial charge in [0.05, 0.1) is 11.0 Å². The van der Waals surface area contributed by atoms with E-state index >= 15 is 0 Å². The first-order valence-electron chi connectivity index (χ1n) is 13.1. The van der Waals surface area contributed by atoms with E-state index in [0.717, 1.165) is 6.42 Å². The Labute approximate surface area is 217 Å². The van der Waals surface area contributed by atoms with Gasteiger partial charge in [-0.05, 0) is 77.1 Å². The number of hydrogen-bond donors (Lipinski definition) is 1. The van der Waals surface area contributed by atoms with Crippen LogP contribution in [0.1, 0.15) is 26.3 Å². The van der Waals surface area contributed by atoms with Gasteiger partial charge < -0.3 is 9.55 Å². The maximum atomic E-state index is 3.55. The van der Waals surface area contributed by atoms with E-state index in [1.807, 2.05) is 0 Å². The maximum absolute atomic E-state index is 3.55. The molecule has 0 aliphatic rings. The highest BCUT2D eigenvalue weighted by Crippen LogP contribution is 2.37. The molecule has 7 aromatic rings. The van der Waals surface area contributed by atoms with E-state index in [2.05, 4.69) is 140 Å². The molecule has 0 fully saturated rings.